The fourth-order valence-electron chi connectivity index (χ4n) is 3.44. The number of carbonyl (C=O) groups excluding carboxylic acids is 1. The van der Waals surface area contributed by atoms with E-state index < -0.39 is 28.0 Å². The number of carbonyl (C=O) groups is 3. The van der Waals surface area contributed by atoms with Gasteiger partial charge in [0.05, 0.1) is 53.4 Å². The summed E-state index contributed by atoms with van der Waals surface area (Å²) < 4.78 is 46.9. The van der Waals surface area contributed by atoms with Gasteiger partial charge in [0, 0.05) is 17.2 Å². The number of hydrogen-bond acceptors (Lipinski definition) is 14. The number of aromatic carboxylic acids is 2. The lowest BCUT2D eigenvalue weighted by Crippen LogP contribution is -2.35. The van der Waals surface area contributed by atoms with Gasteiger partial charge in [-0.3, -0.25) is 5.32 Å². The lowest BCUT2D eigenvalue weighted by Gasteiger charge is -2.12. The molecule has 4 rings (SSSR count). The Morgan fingerprint density at radius 3 is 1.69 bits per heavy atom. The van der Waals surface area contributed by atoms with Crippen LogP contribution in [0.4, 0.5) is 22.1 Å². The minimum atomic E-state index is -4.24. The molecule has 2 amide bonds. The fraction of sp³-hybridized carbons (Fsp3) is 0.172. The predicted molar refractivity (Wildman–Crippen MR) is 192 cm³/mol. The third-order valence-electron chi connectivity index (χ3n) is 5.69. The van der Waals surface area contributed by atoms with E-state index in [0.29, 0.717) is 0 Å². The molecule has 0 spiro atoms. The van der Waals surface area contributed by atoms with Gasteiger partial charge in [-0.15, -0.1) is 4.98 Å². The highest BCUT2D eigenvalue weighted by Gasteiger charge is 2.23. The number of carboxylic acids is 2. The van der Waals surface area contributed by atoms with Crippen LogP contribution in [0.3, 0.4) is 0 Å². The summed E-state index contributed by atoms with van der Waals surface area (Å²) in [5, 5.41) is 20.0. The maximum Gasteiger partial charge on any atom is 0.337 e. The number of halogens is 4. The molecule has 0 aliphatic rings. The van der Waals surface area contributed by atoms with Crippen molar-refractivity contribution in [2.24, 2.45) is 0 Å². The molecule has 0 aliphatic heterocycles. The number of rotatable bonds is 11. The Kier molecular flexibility index (Phi) is 16.7. The van der Waals surface area contributed by atoms with Crippen molar-refractivity contribution in [1.29, 1.82) is 0 Å². The second-order valence-electron chi connectivity index (χ2n) is 9.30. The Hall–Kier alpha value is -5.05. The van der Waals surface area contributed by atoms with Gasteiger partial charge in [-0.25, -0.2) is 27.5 Å². The van der Waals surface area contributed by atoms with E-state index in [1.165, 1.54) is 63.8 Å². The third kappa shape index (κ3) is 12.9. The van der Waals surface area contributed by atoms with Gasteiger partial charge in [0.1, 0.15) is 17.3 Å². The molecule has 0 aliphatic carbocycles. The highest BCUT2D eigenvalue weighted by Crippen LogP contribution is 2.29. The SMILES string of the molecule is COCCOc1ccccc1S(=O)(=O)NC(=O)Nc1nc(OC)nc(OC)n1.Nc1cc(Cl)cc(C(=O)O)c1Cl.Nc1cc(Cl)cc(C(=O)O)c1Cl. The van der Waals surface area contributed by atoms with Crippen molar-refractivity contribution in [2.75, 3.05) is 51.3 Å². The number of nitrogen functional groups attached to an aromatic ring is 2. The number of anilines is 3. The van der Waals surface area contributed by atoms with Gasteiger partial charge in [0.15, 0.2) is 0 Å². The quantitative estimate of drug-likeness (QED) is 0.0860. The largest absolute Gasteiger partial charge is 0.490 e. The zero-order chi connectivity index (χ0) is 39.2. The predicted octanol–water partition coefficient (Wildman–Crippen LogP) is 4.97. The number of amides is 2. The van der Waals surface area contributed by atoms with Crippen LogP contribution in [0.1, 0.15) is 20.7 Å². The summed E-state index contributed by atoms with van der Waals surface area (Å²) >= 11 is 22.3. The van der Waals surface area contributed by atoms with Crippen LogP contribution in [0, 0.1) is 0 Å². The monoisotopic (exact) mass is 823 g/mol. The van der Waals surface area contributed by atoms with Gasteiger partial charge in [0.25, 0.3) is 10.0 Å². The summed E-state index contributed by atoms with van der Waals surface area (Å²) in [5.41, 5.74) is 10.9. The van der Waals surface area contributed by atoms with Crippen molar-refractivity contribution in [3.63, 3.8) is 0 Å². The van der Waals surface area contributed by atoms with Crippen LogP contribution in [0.2, 0.25) is 20.1 Å². The van der Waals surface area contributed by atoms with Crippen molar-refractivity contribution >= 4 is 91.7 Å². The number of sulfonamides is 1. The van der Waals surface area contributed by atoms with Crippen molar-refractivity contribution in [3.05, 3.63) is 79.7 Å². The number of nitrogens with two attached hydrogens (primary N) is 2. The minimum absolute atomic E-state index is 0.0203. The number of benzene rings is 3. The number of urea groups is 1. The average Bonchev–Trinajstić information content (AvgIpc) is 3.08. The smallest absolute Gasteiger partial charge is 0.337 e. The highest BCUT2D eigenvalue weighted by molar-refractivity contribution is 7.90. The average molecular weight is 825 g/mol. The molecule has 0 atom stereocenters. The third-order valence-corrected chi connectivity index (χ3v) is 8.34. The molecule has 0 saturated heterocycles. The maximum atomic E-state index is 12.5. The first-order valence-electron chi connectivity index (χ1n) is 13.8. The zero-order valence-corrected chi connectivity index (χ0v) is 30.9. The second kappa shape index (κ2) is 20.1. The van der Waals surface area contributed by atoms with E-state index >= 15 is 0 Å². The molecule has 18 nitrogen and oxygen atoms in total. The Labute approximate surface area is 315 Å². The van der Waals surface area contributed by atoms with E-state index in [1.54, 1.807) is 6.07 Å². The first kappa shape index (κ1) is 43.1. The number of hydrogen-bond donors (Lipinski definition) is 6. The van der Waals surface area contributed by atoms with Crippen molar-refractivity contribution in [1.82, 2.24) is 19.7 Å². The normalized spacial score (nSPS) is 10.4. The summed E-state index contributed by atoms with van der Waals surface area (Å²) in [5.74, 6) is -2.48. The van der Waals surface area contributed by atoms with Crippen LogP contribution in [-0.4, -0.2) is 86.1 Å². The molecule has 52 heavy (non-hydrogen) atoms. The Bertz CT molecular complexity index is 1940. The molecule has 1 heterocycles. The number of nitrogens with zero attached hydrogens (tertiary/aromatic N) is 3. The number of aromatic nitrogens is 3. The molecule has 3 aromatic carbocycles. The van der Waals surface area contributed by atoms with E-state index in [4.69, 9.17) is 87.0 Å². The molecular formula is C29H29Cl4N7O11S. The summed E-state index contributed by atoms with van der Waals surface area (Å²) in [6.45, 7) is 0.408. The molecule has 0 saturated carbocycles. The minimum Gasteiger partial charge on any atom is -0.490 e. The number of carboxylic acid groups (broad SMARTS) is 2. The molecule has 0 unspecified atom stereocenters. The van der Waals surface area contributed by atoms with Gasteiger partial charge in [0.2, 0.25) is 5.95 Å². The lowest BCUT2D eigenvalue weighted by molar-refractivity contribution is 0.0686. The van der Waals surface area contributed by atoms with Gasteiger partial charge in [-0.05, 0) is 36.4 Å². The Morgan fingerprint density at radius 2 is 1.25 bits per heavy atom. The first-order chi connectivity index (χ1) is 24.4. The van der Waals surface area contributed by atoms with E-state index in [-0.39, 0.29) is 84.4 Å². The van der Waals surface area contributed by atoms with Crippen LogP contribution in [0.5, 0.6) is 17.8 Å². The number of ether oxygens (including phenoxy) is 4. The fourth-order valence-corrected chi connectivity index (χ4v) is 5.33. The van der Waals surface area contributed by atoms with Crippen LogP contribution in [0.15, 0.2) is 53.4 Å². The summed E-state index contributed by atoms with van der Waals surface area (Å²) in [7, 11) is -0.133. The highest BCUT2D eigenvalue weighted by atomic mass is 35.5. The van der Waals surface area contributed by atoms with E-state index in [9.17, 15) is 22.8 Å². The maximum absolute atomic E-state index is 12.5. The van der Waals surface area contributed by atoms with Gasteiger partial charge in [-0.1, -0.05) is 58.5 Å². The molecule has 0 radical (unpaired) electrons. The van der Waals surface area contributed by atoms with Crippen molar-refractivity contribution < 1.29 is 52.0 Å². The summed E-state index contributed by atoms with van der Waals surface area (Å²) in [4.78, 5) is 44.3. The number of para-hydroxylation sites is 1. The van der Waals surface area contributed by atoms with Gasteiger partial charge < -0.3 is 40.6 Å². The molecule has 8 N–H and O–H groups in total. The van der Waals surface area contributed by atoms with Gasteiger partial charge >= 0.3 is 30.0 Å². The van der Waals surface area contributed by atoms with Crippen LogP contribution < -0.4 is 35.7 Å². The lowest BCUT2D eigenvalue weighted by atomic mass is 10.2. The molecule has 4 aromatic rings. The molecule has 0 fully saturated rings. The van der Waals surface area contributed by atoms with Gasteiger partial charge in [-0.2, -0.15) is 9.97 Å². The van der Waals surface area contributed by atoms with E-state index in [2.05, 4.69) is 20.3 Å². The van der Waals surface area contributed by atoms with Crippen LogP contribution in [0.25, 0.3) is 0 Å². The molecule has 0 bridgehead atoms. The van der Waals surface area contributed by atoms with Crippen molar-refractivity contribution in [3.8, 4) is 17.8 Å². The van der Waals surface area contributed by atoms with Crippen molar-refractivity contribution in [2.45, 2.75) is 4.90 Å². The standard InChI is InChI=1S/C15H19N5O7S.2C7H5Cl2NO2/c1-24-8-9-27-10-6-4-5-7-11(10)28(22,23)20-13(21)16-12-17-14(25-2)19-15(18-12)26-3;2*8-3-1-4(7(11)12)6(9)5(10)2-3/h4-7H,8-9H2,1-3H3,(H2,16,17,18,19,20,21);2*1-2H,10H2,(H,11,12). The summed E-state index contributed by atoms with van der Waals surface area (Å²) in [6.07, 6.45) is 0. The van der Waals surface area contributed by atoms with E-state index in [0.717, 1.165) is 0 Å². The van der Waals surface area contributed by atoms with E-state index in [1.807, 2.05) is 4.72 Å². The van der Waals surface area contributed by atoms with Crippen LogP contribution >= 0.6 is 46.4 Å². The number of nitrogens with one attached hydrogen (secondary N) is 2. The molecule has 23 heteroatoms. The van der Waals surface area contributed by atoms with Crippen LogP contribution in [-0.2, 0) is 14.8 Å². The zero-order valence-electron chi connectivity index (χ0n) is 27.0. The summed E-state index contributed by atoms with van der Waals surface area (Å²) in [6, 6.07) is 9.82. The second-order valence-corrected chi connectivity index (χ2v) is 12.6. The Morgan fingerprint density at radius 1 is 0.769 bits per heavy atom. The molecule has 1 aromatic heterocycles. The number of methoxy groups -OCH3 is 3. The molecule has 280 valence electrons. The topological polar surface area (TPSA) is 278 Å². The molecular weight excluding hydrogens is 796 g/mol. The Balaban J connectivity index is 0.000000319. The first-order valence-corrected chi connectivity index (χ1v) is 16.8.